The molecule has 60 heavy (non-hydrogen) atoms. The molecule has 0 saturated carbocycles. The summed E-state index contributed by atoms with van der Waals surface area (Å²) in [5.74, 6) is -4.03. The van der Waals surface area contributed by atoms with Gasteiger partial charge in [0.25, 0.3) is 0 Å². The van der Waals surface area contributed by atoms with Crippen LogP contribution < -0.4 is 0 Å². The average Bonchev–Trinajstić information content (AvgIpc) is 3.09. The van der Waals surface area contributed by atoms with Crippen LogP contribution in [0.5, 0.6) is 0 Å². The molecular weight excluding hydrogens is 828 g/mol. The van der Waals surface area contributed by atoms with Gasteiger partial charge in [-0.15, -0.1) is 0 Å². The lowest BCUT2D eigenvalue weighted by molar-refractivity contribution is -0.288. The molecule has 0 spiro atoms. The van der Waals surface area contributed by atoms with Crippen LogP contribution in [-0.4, -0.2) is 57.6 Å². The van der Waals surface area contributed by atoms with Gasteiger partial charge in [0.2, 0.25) is 5.41 Å². The second kappa shape index (κ2) is 15.7. The lowest BCUT2D eigenvalue weighted by Crippen LogP contribution is -2.54. The number of carbonyl (C=O) groups excluding carboxylic acids is 2. The Balaban J connectivity index is 1.90. The molecule has 2 atom stereocenters. The van der Waals surface area contributed by atoms with Gasteiger partial charge in [-0.3, -0.25) is 9.59 Å². The Morgan fingerprint density at radius 1 is 0.533 bits per heavy atom. The first-order valence-corrected chi connectivity index (χ1v) is 17.7. The molecule has 0 radical (unpaired) electrons. The number of hydrogen-bond donors (Lipinski definition) is 3. The summed E-state index contributed by atoms with van der Waals surface area (Å²) in [5, 5.41) is 30.9. The molecule has 0 aliphatic carbocycles. The predicted octanol–water partition coefficient (Wildman–Crippen LogP) is 10.9. The highest BCUT2D eigenvalue weighted by Gasteiger charge is 2.72. The van der Waals surface area contributed by atoms with Crippen molar-refractivity contribution in [3.63, 3.8) is 0 Å². The minimum Gasteiger partial charge on any atom is -0.478 e. The standard InChI is InChI=1S/C42H36F12O6/c1-7-33(55)27-13-12-26(17-30(27)35(57)58)38(41(49,50)51,42(52,53)54)25-10-8-23(9-11-25)34(56)16-24-15-21(3)29(19-32(24)37(6,60)40(46,47)48)28-18-31(22(4)14-20(28)2)36(5,59)39(43,44)45/h8-15,17-19,59-60H,7,16H2,1-6H3,(H,57,58). The molecule has 0 amide bonds. The molecule has 2 unspecified atom stereocenters. The van der Waals surface area contributed by atoms with Crippen LogP contribution in [0.2, 0.25) is 0 Å². The van der Waals surface area contributed by atoms with Crippen LogP contribution in [0.15, 0.2) is 66.7 Å². The zero-order valence-corrected chi connectivity index (χ0v) is 32.4. The number of ketones is 2. The smallest absolute Gasteiger partial charge is 0.421 e. The molecule has 0 aliphatic rings. The van der Waals surface area contributed by atoms with Crippen molar-refractivity contribution in [3.8, 4) is 11.1 Å². The first kappa shape index (κ1) is 47.4. The average molecular weight is 865 g/mol. The Hall–Kier alpha value is -5.23. The van der Waals surface area contributed by atoms with Crippen molar-refractivity contribution in [1.29, 1.82) is 0 Å². The van der Waals surface area contributed by atoms with Gasteiger partial charge in [-0.1, -0.05) is 55.5 Å². The third kappa shape index (κ3) is 8.15. The molecule has 324 valence electrons. The molecule has 0 bridgehead atoms. The quantitative estimate of drug-likeness (QED) is 0.102. The van der Waals surface area contributed by atoms with Gasteiger partial charge in [-0.05, 0) is 108 Å². The van der Waals surface area contributed by atoms with E-state index in [9.17, 15) is 82.4 Å². The van der Waals surface area contributed by atoms with Crippen molar-refractivity contribution in [1.82, 2.24) is 0 Å². The number of halogens is 12. The van der Waals surface area contributed by atoms with Crippen molar-refractivity contribution in [2.45, 2.75) is 95.7 Å². The summed E-state index contributed by atoms with van der Waals surface area (Å²) in [6.45, 7) is 6.12. The fourth-order valence-corrected chi connectivity index (χ4v) is 7.18. The molecule has 0 aromatic heterocycles. The third-order valence-corrected chi connectivity index (χ3v) is 10.6. The first-order valence-electron chi connectivity index (χ1n) is 17.7. The maximum Gasteiger partial charge on any atom is 0.421 e. The van der Waals surface area contributed by atoms with Gasteiger partial charge < -0.3 is 15.3 Å². The second-order valence-corrected chi connectivity index (χ2v) is 14.7. The molecule has 6 nitrogen and oxygen atoms in total. The summed E-state index contributed by atoms with van der Waals surface area (Å²) >= 11 is 0. The SMILES string of the molecule is CCC(=O)c1ccc(C(c2ccc(C(=O)Cc3cc(C)c(-c4cc(C(C)(O)C(F)(F)F)c(C)cc4C)cc3C(C)(O)C(F)(F)F)cc2)(C(F)(F)F)C(F)(F)F)cc1C(=O)O. The summed E-state index contributed by atoms with van der Waals surface area (Å²) in [4.78, 5) is 37.8. The number of aromatic carboxylic acids is 1. The number of alkyl halides is 12. The number of aryl methyl sites for hydroxylation is 3. The van der Waals surface area contributed by atoms with E-state index >= 15 is 0 Å². The zero-order valence-electron chi connectivity index (χ0n) is 32.4. The van der Waals surface area contributed by atoms with Crippen molar-refractivity contribution >= 4 is 17.5 Å². The summed E-state index contributed by atoms with van der Waals surface area (Å²) in [7, 11) is 0. The number of Topliss-reactive ketones (excluding diaryl/α,β-unsaturated/α-hetero) is 2. The highest BCUT2D eigenvalue weighted by Crippen LogP contribution is 2.56. The number of rotatable bonds is 11. The fourth-order valence-electron chi connectivity index (χ4n) is 7.18. The van der Waals surface area contributed by atoms with E-state index in [1.807, 2.05) is 0 Å². The molecule has 4 rings (SSSR count). The third-order valence-electron chi connectivity index (χ3n) is 10.6. The normalized spacial score (nSPS) is 15.0. The maximum atomic E-state index is 14.9. The van der Waals surface area contributed by atoms with E-state index in [-0.39, 0.29) is 52.4 Å². The largest absolute Gasteiger partial charge is 0.478 e. The molecular formula is C42H36F12O6. The highest BCUT2D eigenvalue weighted by atomic mass is 19.4. The lowest BCUT2D eigenvalue weighted by atomic mass is 9.72. The van der Waals surface area contributed by atoms with Crippen LogP contribution in [0, 0.1) is 20.8 Å². The van der Waals surface area contributed by atoms with Crippen LogP contribution in [-0.2, 0) is 23.0 Å². The summed E-state index contributed by atoms with van der Waals surface area (Å²) in [5.41, 5.74) is -19.6. The predicted molar refractivity (Wildman–Crippen MR) is 193 cm³/mol. The van der Waals surface area contributed by atoms with Crippen molar-refractivity contribution in [3.05, 3.63) is 128 Å². The Labute approximate surface area is 334 Å². The topological polar surface area (TPSA) is 112 Å². The molecule has 0 heterocycles. The van der Waals surface area contributed by atoms with E-state index in [1.54, 1.807) is 0 Å². The summed E-state index contributed by atoms with van der Waals surface area (Å²) in [6.07, 6.45) is -24.4. The number of aliphatic hydroxyl groups is 2. The first-order chi connectivity index (χ1) is 27.2. The van der Waals surface area contributed by atoms with E-state index in [0.717, 1.165) is 18.2 Å². The van der Waals surface area contributed by atoms with Gasteiger partial charge in [0.15, 0.2) is 22.8 Å². The van der Waals surface area contributed by atoms with Gasteiger partial charge in [-0.25, -0.2) is 4.79 Å². The maximum absolute atomic E-state index is 14.9. The fraction of sp³-hybridized carbons (Fsp3) is 0.357. The van der Waals surface area contributed by atoms with Crippen molar-refractivity contribution in [2.24, 2.45) is 0 Å². The summed E-state index contributed by atoms with van der Waals surface area (Å²) in [6, 6.07) is 6.59. The lowest BCUT2D eigenvalue weighted by Gasteiger charge is -2.38. The van der Waals surface area contributed by atoms with E-state index < -0.39 is 110 Å². The number of carbonyl (C=O) groups is 3. The monoisotopic (exact) mass is 864 g/mol. The van der Waals surface area contributed by atoms with Gasteiger partial charge in [0, 0.05) is 24.0 Å². The molecule has 0 saturated heterocycles. The zero-order chi connectivity index (χ0) is 45.9. The van der Waals surface area contributed by atoms with Gasteiger partial charge >= 0.3 is 30.7 Å². The Bertz CT molecular complexity index is 2320. The molecule has 18 heteroatoms. The van der Waals surface area contributed by atoms with Crippen LogP contribution in [0.1, 0.15) is 103 Å². The molecule has 0 aliphatic heterocycles. The van der Waals surface area contributed by atoms with Gasteiger partial charge in [0.1, 0.15) is 0 Å². The number of benzene rings is 4. The minimum absolute atomic E-state index is 0.0129. The van der Waals surface area contributed by atoms with Crippen LogP contribution in [0.25, 0.3) is 11.1 Å². The Morgan fingerprint density at radius 2 is 0.983 bits per heavy atom. The van der Waals surface area contributed by atoms with E-state index in [2.05, 4.69) is 0 Å². The van der Waals surface area contributed by atoms with Gasteiger partial charge in [0.05, 0.1) is 5.56 Å². The molecule has 4 aromatic rings. The van der Waals surface area contributed by atoms with Crippen molar-refractivity contribution < 1.29 is 82.4 Å². The van der Waals surface area contributed by atoms with E-state index in [0.29, 0.717) is 38.1 Å². The highest BCUT2D eigenvalue weighted by molar-refractivity contribution is 6.06. The molecule has 3 N–H and O–H groups in total. The van der Waals surface area contributed by atoms with E-state index in [4.69, 9.17) is 0 Å². The Morgan fingerprint density at radius 3 is 1.43 bits per heavy atom. The van der Waals surface area contributed by atoms with Crippen LogP contribution >= 0.6 is 0 Å². The molecule has 4 aromatic carbocycles. The van der Waals surface area contributed by atoms with Crippen LogP contribution in [0.3, 0.4) is 0 Å². The van der Waals surface area contributed by atoms with E-state index in [1.165, 1.54) is 33.8 Å². The van der Waals surface area contributed by atoms with Crippen molar-refractivity contribution in [2.75, 3.05) is 0 Å². The molecule has 0 fully saturated rings. The summed E-state index contributed by atoms with van der Waals surface area (Å²) < 4.78 is 174. The van der Waals surface area contributed by atoms with Crippen LogP contribution in [0.4, 0.5) is 52.7 Å². The Kier molecular flexibility index (Phi) is 12.4. The van der Waals surface area contributed by atoms with Gasteiger partial charge in [-0.2, -0.15) is 52.7 Å². The number of carboxylic acid groups (broad SMARTS) is 1. The number of hydrogen-bond acceptors (Lipinski definition) is 5. The minimum atomic E-state index is -6.22. The second-order valence-electron chi connectivity index (χ2n) is 14.7. The number of carboxylic acids is 1.